The summed E-state index contributed by atoms with van der Waals surface area (Å²) in [6.07, 6.45) is 0.847. The Kier molecular flexibility index (Phi) is 4.21. The summed E-state index contributed by atoms with van der Waals surface area (Å²) in [7, 11) is 0. The molecule has 0 bridgehead atoms. The van der Waals surface area contributed by atoms with Crippen LogP contribution in [0.1, 0.15) is 43.9 Å². The fraction of sp³-hybridized carbons (Fsp3) is 0.600. The van der Waals surface area contributed by atoms with Crippen molar-refractivity contribution < 1.29 is 4.74 Å². The largest absolute Gasteiger partial charge is 0.488 e. The van der Waals surface area contributed by atoms with Gasteiger partial charge < -0.3 is 10.5 Å². The molecule has 2 nitrogen and oxygen atoms in total. The summed E-state index contributed by atoms with van der Waals surface area (Å²) in [4.78, 5) is 0. The van der Waals surface area contributed by atoms with Crippen LogP contribution in [0.15, 0.2) is 12.1 Å². The van der Waals surface area contributed by atoms with E-state index in [1.807, 2.05) is 6.92 Å². The van der Waals surface area contributed by atoms with Crippen LogP contribution < -0.4 is 10.5 Å². The second-order valence-electron chi connectivity index (χ2n) is 5.75. The molecule has 1 atom stereocenters. The predicted octanol–water partition coefficient (Wildman–Crippen LogP) is 3.51. The molecule has 96 valence electrons. The Morgan fingerprint density at radius 2 is 1.65 bits per heavy atom. The van der Waals surface area contributed by atoms with Crippen LogP contribution in [0.25, 0.3) is 0 Å². The van der Waals surface area contributed by atoms with E-state index in [0.29, 0.717) is 0 Å². The van der Waals surface area contributed by atoms with Crippen molar-refractivity contribution in [3.05, 3.63) is 28.8 Å². The Bertz CT molecular complexity index is 394. The van der Waals surface area contributed by atoms with E-state index in [1.54, 1.807) is 0 Å². The monoisotopic (exact) mass is 235 g/mol. The van der Waals surface area contributed by atoms with Crippen molar-refractivity contribution in [1.82, 2.24) is 0 Å². The molecule has 2 heteroatoms. The molecule has 0 amide bonds. The van der Waals surface area contributed by atoms with E-state index in [0.717, 1.165) is 12.2 Å². The second-order valence-corrected chi connectivity index (χ2v) is 5.75. The number of benzene rings is 1. The maximum absolute atomic E-state index is 6.10. The van der Waals surface area contributed by atoms with E-state index < -0.39 is 0 Å². The van der Waals surface area contributed by atoms with Crippen LogP contribution in [0.5, 0.6) is 5.75 Å². The predicted molar refractivity (Wildman–Crippen MR) is 73.6 cm³/mol. The summed E-state index contributed by atoms with van der Waals surface area (Å²) in [5.41, 5.74) is 9.38. The first-order chi connectivity index (χ1) is 7.71. The number of hydrogen-bond donors (Lipinski definition) is 1. The number of rotatable bonds is 4. The molecule has 17 heavy (non-hydrogen) atoms. The van der Waals surface area contributed by atoms with Crippen molar-refractivity contribution in [1.29, 1.82) is 0 Å². The Balaban J connectivity index is 2.91. The van der Waals surface area contributed by atoms with Crippen LogP contribution in [0, 0.1) is 20.8 Å². The third kappa shape index (κ3) is 4.04. The van der Waals surface area contributed by atoms with Gasteiger partial charge in [0.15, 0.2) is 0 Å². The lowest BCUT2D eigenvalue weighted by Crippen LogP contribution is -2.35. The molecule has 1 aromatic rings. The standard InChI is InChI=1S/C15H25NO/c1-10-7-12(3)14(8-11(10)2)17-15(5,6)9-13(4)16/h7-8,13H,9,16H2,1-6H3. The van der Waals surface area contributed by atoms with E-state index in [4.69, 9.17) is 10.5 Å². The van der Waals surface area contributed by atoms with Crippen molar-refractivity contribution in [2.75, 3.05) is 0 Å². The molecule has 1 unspecified atom stereocenters. The Morgan fingerprint density at radius 3 is 2.18 bits per heavy atom. The molecule has 1 rings (SSSR count). The zero-order valence-corrected chi connectivity index (χ0v) is 11.9. The molecule has 0 saturated carbocycles. The highest BCUT2D eigenvalue weighted by Crippen LogP contribution is 2.27. The van der Waals surface area contributed by atoms with E-state index in [1.165, 1.54) is 16.7 Å². The molecule has 0 heterocycles. The van der Waals surface area contributed by atoms with Crippen LogP contribution in [0.3, 0.4) is 0 Å². The van der Waals surface area contributed by atoms with Gasteiger partial charge in [-0.2, -0.15) is 0 Å². The van der Waals surface area contributed by atoms with Crippen molar-refractivity contribution >= 4 is 0 Å². The van der Waals surface area contributed by atoms with Crippen molar-refractivity contribution in [2.24, 2.45) is 5.73 Å². The van der Waals surface area contributed by atoms with E-state index in [2.05, 4.69) is 46.8 Å². The molecule has 1 aromatic carbocycles. The van der Waals surface area contributed by atoms with Gasteiger partial charge in [0.05, 0.1) is 0 Å². The molecule has 0 fully saturated rings. The molecular weight excluding hydrogens is 210 g/mol. The van der Waals surface area contributed by atoms with Gasteiger partial charge >= 0.3 is 0 Å². The van der Waals surface area contributed by atoms with Gasteiger partial charge in [0.2, 0.25) is 0 Å². The van der Waals surface area contributed by atoms with Crippen molar-refractivity contribution in [3.63, 3.8) is 0 Å². The number of ether oxygens (including phenoxy) is 1. The molecular formula is C15H25NO. The fourth-order valence-electron chi connectivity index (χ4n) is 2.16. The number of nitrogens with two attached hydrogens (primary N) is 1. The normalized spacial score (nSPS) is 13.6. The smallest absolute Gasteiger partial charge is 0.123 e. The highest BCUT2D eigenvalue weighted by Gasteiger charge is 2.22. The molecule has 0 aliphatic heterocycles. The van der Waals surface area contributed by atoms with E-state index >= 15 is 0 Å². The number of aryl methyl sites for hydroxylation is 3. The van der Waals surface area contributed by atoms with Crippen LogP contribution >= 0.6 is 0 Å². The minimum atomic E-state index is -0.222. The van der Waals surface area contributed by atoms with Gasteiger partial charge in [-0.1, -0.05) is 6.07 Å². The average molecular weight is 235 g/mol. The lowest BCUT2D eigenvalue weighted by molar-refractivity contribution is 0.0923. The highest BCUT2D eigenvalue weighted by molar-refractivity contribution is 5.41. The molecule has 2 N–H and O–H groups in total. The Morgan fingerprint density at radius 1 is 1.12 bits per heavy atom. The van der Waals surface area contributed by atoms with Gasteiger partial charge in [-0.3, -0.25) is 0 Å². The zero-order valence-electron chi connectivity index (χ0n) is 11.9. The van der Waals surface area contributed by atoms with Crippen LogP contribution in [0.2, 0.25) is 0 Å². The maximum atomic E-state index is 6.10. The van der Waals surface area contributed by atoms with Crippen molar-refractivity contribution in [2.45, 2.75) is 59.6 Å². The quantitative estimate of drug-likeness (QED) is 0.866. The van der Waals surface area contributed by atoms with Crippen LogP contribution in [0.4, 0.5) is 0 Å². The molecule has 0 aliphatic carbocycles. The first-order valence-corrected chi connectivity index (χ1v) is 6.24. The van der Waals surface area contributed by atoms with E-state index in [9.17, 15) is 0 Å². The Hall–Kier alpha value is -1.02. The summed E-state index contributed by atoms with van der Waals surface area (Å²) in [6, 6.07) is 4.44. The van der Waals surface area contributed by atoms with E-state index in [-0.39, 0.29) is 11.6 Å². The molecule has 0 aliphatic rings. The third-order valence-electron chi connectivity index (χ3n) is 2.99. The van der Waals surface area contributed by atoms with Crippen molar-refractivity contribution in [3.8, 4) is 5.75 Å². The van der Waals surface area contributed by atoms with Crippen LogP contribution in [-0.4, -0.2) is 11.6 Å². The lowest BCUT2D eigenvalue weighted by Gasteiger charge is -2.29. The first kappa shape index (κ1) is 14.0. The molecule has 0 saturated heterocycles. The Labute approximate surface area is 105 Å². The highest BCUT2D eigenvalue weighted by atomic mass is 16.5. The summed E-state index contributed by atoms with van der Waals surface area (Å²) in [5, 5.41) is 0. The van der Waals surface area contributed by atoms with Gasteiger partial charge in [0.1, 0.15) is 11.4 Å². The summed E-state index contributed by atoms with van der Waals surface area (Å²) < 4.78 is 6.10. The van der Waals surface area contributed by atoms with Gasteiger partial charge in [-0.25, -0.2) is 0 Å². The second kappa shape index (κ2) is 5.09. The average Bonchev–Trinajstić information content (AvgIpc) is 2.11. The van der Waals surface area contributed by atoms with Gasteiger partial charge in [-0.05, 0) is 64.3 Å². The third-order valence-corrected chi connectivity index (χ3v) is 2.99. The van der Waals surface area contributed by atoms with Crippen LogP contribution in [-0.2, 0) is 0 Å². The SMILES string of the molecule is Cc1cc(C)c(OC(C)(C)CC(C)N)cc1C. The summed E-state index contributed by atoms with van der Waals surface area (Å²) in [6.45, 7) is 12.5. The minimum absolute atomic E-state index is 0.150. The summed E-state index contributed by atoms with van der Waals surface area (Å²) >= 11 is 0. The van der Waals surface area contributed by atoms with Gasteiger partial charge in [0.25, 0.3) is 0 Å². The van der Waals surface area contributed by atoms with Gasteiger partial charge in [0, 0.05) is 12.5 Å². The topological polar surface area (TPSA) is 35.2 Å². The lowest BCUT2D eigenvalue weighted by atomic mass is 9.99. The fourth-order valence-corrected chi connectivity index (χ4v) is 2.16. The molecule has 0 radical (unpaired) electrons. The maximum Gasteiger partial charge on any atom is 0.123 e. The zero-order chi connectivity index (χ0) is 13.2. The first-order valence-electron chi connectivity index (χ1n) is 6.24. The van der Waals surface area contributed by atoms with Gasteiger partial charge in [-0.15, -0.1) is 0 Å². The summed E-state index contributed by atoms with van der Waals surface area (Å²) in [5.74, 6) is 0.971. The minimum Gasteiger partial charge on any atom is -0.488 e. The molecule has 0 aromatic heterocycles. The number of hydrogen-bond acceptors (Lipinski definition) is 2. The molecule has 0 spiro atoms.